The van der Waals surface area contributed by atoms with Gasteiger partial charge in [0.1, 0.15) is 0 Å². The molecule has 0 fully saturated rings. The lowest BCUT2D eigenvalue weighted by molar-refractivity contribution is -0.136. The van der Waals surface area contributed by atoms with Gasteiger partial charge in [0.2, 0.25) is 11.8 Å². The first-order chi connectivity index (χ1) is 15.6. The molecule has 0 saturated carbocycles. The normalized spacial score (nSPS) is 13.0. The largest absolute Gasteiger partial charge is 0.377 e. The van der Waals surface area contributed by atoms with Crippen molar-refractivity contribution in [2.24, 2.45) is 11.8 Å². The van der Waals surface area contributed by atoms with Crippen LogP contribution in [0.3, 0.4) is 0 Å². The van der Waals surface area contributed by atoms with Crippen molar-refractivity contribution in [1.29, 1.82) is 0 Å². The van der Waals surface area contributed by atoms with Gasteiger partial charge in [-0.15, -0.1) is 0 Å². The number of nitrogens with zero attached hydrogens (tertiary/aromatic N) is 2. The maximum absolute atomic E-state index is 13.9. The predicted molar refractivity (Wildman–Crippen MR) is 139 cm³/mol. The van der Waals surface area contributed by atoms with Crippen LogP contribution in [0.5, 0.6) is 0 Å². The molecule has 0 saturated heterocycles. The van der Waals surface area contributed by atoms with Crippen molar-refractivity contribution in [3.63, 3.8) is 0 Å². The zero-order chi connectivity index (χ0) is 24.7. The first-order valence-electron chi connectivity index (χ1n) is 12.0. The van der Waals surface area contributed by atoms with E-state index in [0.29, 0.717) is 12.5 Å². The number of hydrogen-bond acceptors (Lipinski definition) is 3. The Labute approximate surface area is 200 Å². The summed E-state index contributed by atoms with van der Waals surface area (Å²) in [6.07, 6.45) is 0.745. The minimum atomic E-state index is -0.181. The lowest BCUT2D eigenvalue weighted by Crippen LogP contribution is -2.43. The predicted octanol–water partition coefficient (Wildman–Crippen LogP) is 5.91. The summed E-state index contributed by atoms with van der Waals surface area (Å²) in [5, 5.41) is 3.00. The second-order valence-corrected chi connectivity index (χ2v) is 9.70. The van der Waals surface area contributed by atoms with Crippen LogP contribution in [0, 0.1) is 11.8 Å². The van der Waals surface area contributed by atoms with Gasteiger partial charge in [-0.05, 0) is 48.6 Å². The summed E-state index contributed by atoms with van der Waals surface area (Å²) in [7, 11) is 4.00. The van der Waals surface area contributed by atoms with E-state index < -0.39 is 0 Å². The molecule has 0 radical (unpaired) electrons. The summed E-state index contributed by atoms with van der Waals surface area (Å²) in [6, 6.07) is 16.1. The highest BCUT2D eigenvalue weighted by atomic mass is 16.2. The smallest absolute Gasteiger partial charge is 0.230 e. The minimum Gasteiger partial charge on any atom is -0.377 e. The van der Waals surface area contributed by atoms with Gasteiger partial charge in [0, 0.05) is 44.0 Å². The van der Waals surface area contributed by atoms with E-state index in [0.717, 1.165) is 28.9 Å². The SMILES string of the molecule is CCC(C(=O)N(Cc1cc(NC(=O)C(C)C)ccc1N(C)C)C(C)C(C)C)c1ccccc1. The van der Waals surface area contributed by atoms with Gasteiger partial charge >= 0.3 is 0 Å². The summed E-state index contributed by atoms with van der Waals surface area (Å²) in [5.41, 5.74) is 3.87. The number of carbonyl (C=O) groups excluding carboxylic acids is 2. The number of rotatable bonds is 10. The van der Waals surface area contributed by atoms with Gasteiger partial charge in [0.25, 0.3) is 0 Å². The molecule has 2 unspecified atom stereocenters. The fourth-order valence-electron chi connectivity index (χ4n) is 3.92. The van der Waals surface area contributed by atoms with Gasteiger partial charge in [-0.25, -0.2) is 0 Å². The minimum absolute atomic E-state index is 0.0165. The number of amides is 2. The Kier molecular flexibility index (Phi) is 9.51. The summed E-state index contributed by atoms with van der Waals surface area (Å²) < 4.78 is 0. The Morgan fingerprint density at radius 3 is 2.09 bits per heavy atom. The molecular formula is C28H41N3O2. The highest BCUT2D eigenvalue weighted by Crippen LogP contribution is 2.30. The quantitative estimate of drug-likeness (QED) is 0.488. The fraction of sp³-hybridized carbons (Fsp3) is 0.500. The molecule has 0 bridgehead atoms. The standard InChI is InChI=1S/C28H41N3O2/c1-9-25(22-13-11-10-12-14-22)28(33)31(21(6)19(2)3)18-23-17-24(29-27(32)20(4)5)15-16-26(23)30(7)8/h10-17,19-21,25H,9,18H2,1-8H3,(H,29,32). The average molecular weight is 452 g/mol. The molecule has 2 aromatic rings. The molecule has 5 nitrogen and oxygen atoms in total. The van der Waals surface area contributed by atoms with E-state index in [-0.39, 0.29) is 29.7 Å². The summed E-state index contributed by atoms with van der Waals surface area (Å²) in [4.78, 5) is 30.2. The second kappa shape index (κ2) is 11.9. The molecule has 2 aromatic carbocycles. The first-order valence-corrected chi connectivity index (χ1v) is 12.0. The Morgan fingerprint density at radius 2 is 1.58 bits per heavy atom. The van der Waals surface area contributed by atoms with Crippen molar-refractivity contribution in [2.45, 2.75) is 66.5 Å². The van der Waals surface area contributed by atoms with E-state index >= 15 is 0 Å². The van der Waals surface area contributed by atoms with Crippen molar-refractivity contribution in [2.75, 3.05) is 24.3 Å². The topological polar surface area (TPSA) is 52.7 Å². The zero-order valence-corrected chi connectivity index (χ0v) is 21.6. The Morgan fingerprint density at radius 1 is 0.939 bits per heavy atom. The molecule has 2 atom stereocenters. The molecule has 180 valence electrons. The molecule has 33 heavy (non-hydrogen) atoms. The van der Waals surface area contributed by atoms with Gasteiger partial charge < -0.3 is 15.1 Å². The third kappa shape index (κ3) is 6.83. The molecular weight excluding hydrogens is 410 g/mol. The van der Waals surface area contributed by atoms with Crippen LogP contribution in [-0.4, -0.2) is 36.9 Å². The third-order valence-corrected chi connectivity index (χ3v) is 6.34. The lowest BCUT2D eigenvalue weighted by atomic mass is 9.92. The van der Waals surface area contributed by atoms with E-state index in [2.05, 4.69) is 37.9 Å². The van der Waals surface area contributed by atoms with Crippen LogP contribution >= 0.6 is 0 Å². The van der Waals surface area contributed by atoms with Gasteiger partial charge in [-0.1, -0.05) is 65.0 Å². The van der Waals surface area contributed by atoms with E-state index in [1.54, 1.807) is 0 Å². The number of benzene rings is 2. The van der Waals surface area contributed by atoms with Crippen molar-refractivity contribution < 1.29 is 9.59 Å². The van der Waals surface area contributed by atoms with Crippen LogP contribution in [0.1, 0.15) is 65.0 Å². The maximum atomic E-state index is 13.9. The van der Waals surface area contributed by atoms with Crippen LogP contribution in [-0.2, 0) is 16.1 Å². The Balaban J connectivity index is 2.47. The van der Waals surface area contributed by atoms with E-state index in [1.807, 2.05) is 81.4 Å². The Bertz CT molecular complexity index is 922. The van der Waals surface area contributed by atoms with Gasteiger partial charge in [-0.3, -0.25) is 9.59 Å². The van der Waals surface area contributed by atoms with Gasteiger partial charge in [0.15, 0.2) is 0 Å². The molecule has 0 aliphatic carbocycles. The number of hydrogen-bond donors (Lipinski definition) is 1. The van der Waals surface area contributed by atoms with Crippen LogP contribution in [0.4, 0.5) is 11.4 Å². The fourth-order valence-corrected chi connectivity index (χ4v) is 3.92. The van der Waals surface area contributed by atoms with Crippen LogP contribution < -0.4 is 10.2 Å². The first kappa shape index (κ1) is 26.4. The summed E-state index contributed by atoms with van der Waals surface area (Å²) in [6.45, 7) is 12.7. The van der Waals surface area contributed by atoms with Crippen molar-refractivity contribution in [3.8, 4) is 0 Å². The maximum Gasteiger partial charge on any atom is 0.230 e. The van der Waals surface area contributed by atoms with Crippen LogP contribution in [0.25, 0.3) is 0 Å². The van der Waals surface area contributed by atoms with Gasteiger partial charge in [0.05, 0.1) is 5.92 Å². The molecule has 1 N–H and O–H groups in total. The molecule has 0 aliphatic rings. The van der Waals surface area contributed by atoms with Crippen LogP contribution in [0.2, 0.25) is 0 Å². The van der Waals surface area contributed by atoms with Crippen molar-refractivity contribution in [3.05, 3.63) is 59.7 Å². The van der Waals surface area contributed by atoms with Crippen molar-refractivity contribution >= 4 is 23.2 Å². The van der Waals surface area contributed by atoms with Crippen LogP contribution in [0.15, 0.2) is 48.5 Å². The highest BCUT2D eigenvalue weighted by Gasteiger charge is 2.30. The molecule has 0 aliphatic heterocycles. The van der Waals surface area contributed by atoms with Gasteiger partial charge in [-0.2, -0.15) is 0 Å². The Hall–Kier alpha value is -2.82. The average Bonchev–Trinajstić information content (AvgIpc) is 2.77. The lowest BCUT2D eigenvalue weighted by Gasteiger charge is -2.36. The highest BCUT2D eigenvalue weighted by molar-refractivity contribution is 5.92. The van der Waals surface area contributed by atoms with Crippen molar-refractivity contribution in [1.82, 2.24) is 4.90 Å². The molecule has 5 heteroatoms. The molecule has 2 rings (SSSR count). The second-order valence-electron chi connectivity index (χ2n) is 9.70. The number of nitrogens with one attached hydrogen (secondary N) is 1. The number of carbonyl (C=O) groups is 2. The number of anilines is 2. The monoisotopic (exact) mass is 451 g/mol. The summed E-state index contributed by atoms with van der Waals surface area (Å²) >= 11 is 0. The third-order valence-electron chi connectivity index (χ3n) is 6.34. The van der Waals surface area contributed by atoms with E-state index in [1.165, 1.54) is 0 Å². The molecule has 0 heterocycles. The van der Waals surface area contributed by atoms with E-state index in [9.17, 15) is 9.59 Å². The summed E-state index contributed by atoms with van der Waals surface area (Å²) in [5.74, 6) is 0.161. The van der Waals surface area contributed by atoms with E-state index in [4.69, 9.17) is 0 Å². The molecule has 0 aromatic heterocycles. The molecule has 0 spiro atoms. The zero-order valence-electron chi connectivity index (χ0n) is 21.6. The molecule has 2 amide bonds.